The van der Waals surface area contributed by atoms with E-state index in [1.807, 2.05) is 0 Å². The zero-order valence-corrected chi connectivity index (χ0v) is 9.25. The summed E-state index contributed by atoms with van der Waals surface area (Å²) in [5.74, 6) is -0.802. The van der Waals surface area contributed by atoms with Gasteiger partial charge >= 0.3 is 0 Å². The normalized spacial score (nSPS) is 10.5. The summed E-state index contributed by atoms with van der Waals surface area (Å²) in [6.07, 6.45) is 0. The summed E-state index contributed by atoms with van der Waals surface area (Å²) < 4.78 is 0. The van der Waals surface area contributed by atoms with Crippen molar-refractivity contribution in [3.8, 4) is 5.75 Å². The van der Waals surface area contributed by atoms with Gasteiger partial charge in [0.25, 0.3) is 11.4 Å². The van der Waals surface area contributed by atoms with Gasteiger partial charge < -0.3 is 5.11 Å². The van der Waals surface area contributed by atoms with Crippen LogP contribution in [0.4, 0.5) is 11.4 Å². The maximum atomic E-state index is 11.8. The Morgan fingerprint density at radius 2 is 1.56 bits per heavy atom. The van der Waals surface area contributed by atoms with Crippen LogP contribution in [-0.4, -0.2) is 9.85 Å². The first-order chi connectivity index (χ1) is 8.41. The Labute approximate surface area is 101 Å². The Balaban J connectivity index is 2.97. The highest BCUT2D eigenvalue weighted by atomic mass is 16.6. The Morgan fingerprint density at radius 1 is 0.944 bits per heavy atom. The summed E-state index contributed by atoms with van der Waals surface area (Å²) in [6.45, 7) is 1.70. The molecule has 0 saturated heterocycles. The predicted molar refractivity (Wildman–Crippen MR) is 61.4 cm³/mol. The lowest BCUT2D eigenvalue weighted by molar-refractivity contribution is -0.402. The molecule has 0 unspecified atom stereocenters. The number of nitro benzene ring substituents is 2. The highest BCUT2D eigenvalue weighted by Gasteiger charge is 2.20. The van der Waals surface area contributed by atoms with Crippen LogP contribution in [0.2, 0.25) is 0 Å². The van der Waals surface area contributed by atoms with Crippen molar-refractivity contribution in [3.63, 3.8) is 0 Å². The minimum absolute atomic E-state index is 0.00380. The fourth-order valence-electron chi connectivity index (χ4n) is 1.77. The molecule has 0 aliphatic rings. The third-order valence-corrected chi connectivity index (χ3v) is 2.60. The number of benzene rings is 2. The number of nitrogens with zero attached hydrogens (tertiary/aromatic N) is 2. The van der Waals surface area contributed by atoms with Crippen molar-refractivity contribution in [1.82, 2.24) is 0 Å². The Kier molecular flexibility index (Phi) is 2.59. The molecule has 0 atom stereocenters. The van der Waals surface area contributed by atoms with Gasteiger partial charge in [-0.3, -0.25) is 20.2 Å². The van der Waals surface area contributed by atoms with Gasteiger partial charge in [0, 0.05) is 0 Å². The van der Waals surface area contributed by atoms with E-state index in [0.29, 0.717) is 11.6 Å². The van der Waals surface area contributed by atoms with E-state index in [1.54, 1.807) is 13.0 Å². The van der Waals surface area contributed by atoms with Gasteiger partial charge in [0.05, 0.1) is 21.3 Å². The Morgan fingerprint density at radius 3 is 2.11 bits per heavy atom. The summed E-state index contributed by atoms with van der Waals surface area (Å²) in [5, 5.41) is 33.5. The third-order valence-electron chi connectivity index (χ3n) is 2.60. The second kappa shape index (κ2) is 3.95. The van der Waals surface area contributed by atoms with Crippen LogP contribution in [0.5, 0.6) is 5.75 Å². The maximum absolute atomic E-state index is 11.8. The summed E-state index contributed by atoms with van der Waals surface area (Å²) >= 11 is 0. The third kappa shape index (κ3) is 1.71. The molecule has 0 aliphatic carbocycles. The predicted octanol–water partition coefficient (Wildman–Crippen LogP) is 2.04. The second-order valence-electron chi connectivity index (χ2n) is 3.81. The van der Waals surface area contributed by atoms with Crippen molar-refractivity contribution in [2.75, 3.05) is 0 Å². The highest BCUT2D eigenvalue weighted by Crippen LogP contribution is 2.38. The van der Waals surface area contributed by atoms with Gasteiger partial charge in [-0.05, 0) is 24.1 Å². The fraction of sp³-hybridized carbons (Fsp3) is 0.0909. The van der Waals surface area contributed by atoms with E-state index in [4.69, 9.17) is 0 Å². The molecule has 0 heterocycles. The van der Waals surface area contributed by atoms with Crippen molar-refractivity contribution in [2.45, 2.75) is 6.92 Å². The average Bonchev–Trinajstić information content (AvgIpc) is 2.29. The van der Waals surface area contributed by atoms with Gasteiger partial charge in [-0.1, -0.05) is 17.7 Å². The molecule has 0 spiro atoms. The van der Waals surface area contributed by atoms with Crippen molar-refractivity contribution in [2.24, 2.45) is 0 Å². The van der Waals surface area contributed by atoms with E-state index < -0.39 is 27.0 Å². The first kappa shape index (κ1) is 11.8. The van der Waals surface area contributed by atoms with Crippen molar-refractivity contribution in [3.05, 3.63) is 50.1 Å². The molecule has 18 heavy (non-hydrogen) atoms. The van der Waals surface area contributed by atoms with Crippen LogP contribution in [0.15, 0.2) is 24.3 Å². The number of fused-ring (bicyclic) bond motifs is 1. The van der Waals surface area contributed by atoms with Crippen LogP contribution in [0.25, 0.3) is 10.8 Å². The van der Waals surface area contributed by atoms with Crippen molar-refractivity contribution < 1.29 is 15.0 Å². The van der Waals surface area contributed by atoms with E-state index >= 15 is 0 Å². The van der Waals surface area contributed by atoms with E-state index in [1.165, 1.54) is 12.1 Å². The van der Waals surface area contributed by atoms with Gasteiger partial charge in [0.1, 0.15) is 0 Å². The molecule has 0 amide bonds. The molecule has 2 aromatic rings. The lowest BCUT2D eigenvalue weighted by Gasteiger charge is -2.11. The zero-order valence-electron chi connectivity index (χ0n) is 9.25. The average molecular weight is 247 g/mol. The van der Waals surface area contributed by atoms with Gasteiger partial charge in [0.2, 0.25) is 0 Å². The topological polar surface area (TPSA) is 109 Å². The Bertz CT molecular complexity index is 681. The minimum atomic E-state index is -0.906. The van der Waals surface area contributed by atoms with Crippen LogP contribution >= 0.6 is 0 Å². The highest BCUT2D eigenvalue weighted by molar-refractivity contribution is 5.98. The first-order valence-corrected chi connectivity index (χ1v) is 4.95. The largest absolute Gasteiger partial charge is 0.867 e. The molecule has 0 aliphatic heterocycles. The molecule has 2 rings (SSSR count). The maximum Gasteiger partial charge on any atom is 0.284 e. The molecule has 2 aromatic carbocycles. The van der Waals surface area contributed by atoms with Crippen LogP contribution in [0, 0.1) is 27.2 Å². The molecular formula is C11H7N2O5-. The quantitative estimate of drug-likeness (QED) is 0.595. The number of rotatable bonds is 2. The number of aryl methyl sites for hydroxylation is 1. The molecule has 92 valence electrons. The van der Waals surface area contributed by atoms with Crippen LogP contribution in [0.3, 0.4) is 0 Å². The lowest BCUT2D eigenvalue weighted by Crippen LogP contribution is -2.01. The van der Waals surface area contributed by atoms with Crippen molar-refractivity contribution >= 4 is 22.1 Å². The van der Waals surface area contributed by atoms with Crippen molar-refractivity contribution in [1.29, 1.82) is 0 Å². The summed E-state index contributed by atoms with van der Waals surface area (Å²) in [5.41, 5.74) is -0.509. The van der Waals surface area contributed by atoms with E-state index in [2.05, 4.69) is 0 Å². The monoisotopic (exact) mass is 247 g/mol. The SMILES string of the molecule is Cc1ccc2c([N+](=O)[O-])cc([N+](=O)[O-])c([O-])c2c1. The fourth-order valence-corrected chi connectivity index (χ4v) is 1.77. The number of hydrogen-bond acceptors (Lipinski definition) is 5. The lowest BCUT2D eigenvalue weighted by atomic mass is 10.0. The van der Waals surface area contributed by atoms with Crippen LogP contribution in [0.1, 0.15) is 5.56 Å². The molecule has 0 radical (unpaired) electrons. The molecule has 0 bridgehead atoms. The number of nitro groups is 2. The smallest absolute Gasteiger partial charge is 0.284 e. The molecule has 7 heteroatoms. The molecular weight excluding hydrogens is 240 g/mol. The molecule has 0 saturated carbocycles. The van der Waals surface area contributed by atoms with Gasteiger partial charge in [0.15, 0.2) is 0 Å². The summed E-state index contributed by atoms with van der Waals surface area (Å²) in [7, 11) is 0. The summed E-state index contributed by atoms with van der Waals surface area (Å²) in [6, 6.07) is 5.16. The molecule has 7 nitrogen and oxygen atoms in total. The minimum Gasteiger partial charge on any atom is -0.867 e. The van der Waals surface area contributed by atoms with Crippen LogP contribution in [-0.2, 0) is 0 Å². The zero-order chi connectivity index (χ0) is 13.4. The van der Waals surface area contributed by atoms with Gasteiger partial charge in [-0.2, -0.15) is 0 Å². The number of hydrogen-bond donors (Lipinski definition) is 0. The van der Waals surface area contributed by atoms with E-state index in [9.17, 15) is 25.3 Å². The Hall–Kier alpha value is -2.70. The molecule has 0 aromatic heterocycles. The van der Waals surface area contributed by atoms with Crippen LogP contribution < -0.4 is 5.11 Å². The van der Waals surface area contributed by atoms with E-state index in [-0.39, 0.29) is 10.8 Å². The van der Waals surface area contributed by atoms with Gasteiger partial charge in [-0.25, -0.2) is 0 Å². The van der Waals surface area contributed by atoms with E-state index in [0.717, 1.165) is 0 Å². The standard InChI is InChI=1S/C11H8N2O5/c1-6-2-3-7-8(4-6)11(14)10(13(17)18)5-9(7)12(15)16/h2-5,14H,1H3/p-1. The van der Waals surface area contributed by atoms with Gasteiger partial charge in [-0.15, -0.1) is 0 Å². The number of non-ortho nitro benzene ring substituents is 1. The molecule has 0 N–H and O–H groups in total. The first-order valence-electron chi connectivity index (χ1n) is 4.95. The molecule has 0 fully saturated rings. The summed E-state index contributed by atoms with van der Waals surface area (Å²) in [4.78, 5) is 19.9. The second-order valence-corrected chi connectivity index (χ2v) is 3.81.